The number of thiazole rings is 1. The number of nitrogens with zero attached hydrogens (tertiary/aromatic N) is 2. The SMILES string of the molecule is CN1c2cc(F)ccc2SC1NC(=O)c1csc(SCC(NC=O)OC(C)(C)C)n1. The standard InChI is InChI=1S/C19H23FN4O3S3/c1-19(2,3)27-15(21-10-25)9-29-18-22-12(8-28-18)16(26)23-17-24(4)13-7-11(20)5-6-14(13)30-17/h5-8,10,15,17H,9H2,1-4H3,(H,21,25)(H,23,26). The monoisotopic (exact) mass is 470 g/mol. The molecule has 0 bridgehead atoms. The first kappa shape index (κ1) is 22.9. The second-order valence-corrected chi connectivity index (χ2v) is 10.7. The van der Waals surface area contributed by atoms with Gasteiger partial charge in [0.25, 0.3) is 5.91 Å². The molecule has 0 spiro atoms. The zero-order valence-corrected chi connectivity index (χ0v) is 19.4. The molecule has 3 rings (SSSR count). The molecule has 1 aliphatic rings. The number of halogens is 1. The summed E-state index contributed by atoms with van der Waals surface area (Å²) < 4.78 is 20.0. The average Bonchev–Trinajstić information content (AvgIpc) is 3.25. The highest BCUT2D eigenvalue weighted by atomic mass is 32.2. The molecule has 30 heavy (non-hydrogen) atoms. The minimum atomic E-state index is -0.462. The predicted molar refractivity (Wildman–Crippen MR) is 119 cm³/mol. The number of fused-ring (bicyclic) bond motifs is 1. The molecule has 1 aromatic carbocycles. The topological polar surface area (TPSA) is 83.6 Å². The molecule has 0 radical (unpaired) electrons. The van der Waals surface area contributed by atoms with Crippen LogP contribution in [0.25, 0.3) is 0 Å². The fourth-order valence-electron chi connectivity index (χ4n) is 2.70. The Hall–Kier alpha value is -1.82. The fraction of sp³-hybridized carbons (Fsp3) is 0.421. The van der Waals surface area contributed by atoms with E-state index in [9.17, 15) is 14.0 Å². The molecule has 2 unspecified atom stereocenters. The van der Waals surface area contributed by atoms with Crippen molar-refractivity contribution in [2.45, 2.75) is 47.3 Å². The Bertz CT molecular complexity index is 919. The van der Waals surface area contributed by atoms with Gasteiger partial charge in [-0.05, 0) is 39.0 Å². The molecule has 11 heteroatoms. The number of amides is 2. The van der Waals surface area contributed by atoms with Gasteiger partial charge in [0.2, 0.25) is 6.41 Å². The molecule has 2 aromatic rings. The molecule has 1 aromatic heterocycles. The second kappa shape index (κ2) is 9.54. The zero-order valence-electron chi connectivity index (χ0n) is 17.0. The highest BCUT2D eigenvalue weighted by Crippen LogP contribution is 2.41. The lowest BCUT2D eigenvalue weighted by Crippen LogP contribution is -2.42. The largest absolute Gasteiger partial charge is 0.352 e. The molecule has 2 heterocycles. The van der Waals surface area contributed by atoms with Crippen LogP contribution in [0.4, 0.5) is 10.1 Å². The summed E-state index contributed by atoms with van der Waals surface area (Å²) in [4.78, 5) is 30.5. The molecule has 162 valence electrons. The lowest BCUT2D eigenvalue weighted by Gasteiger charge is -2.26. The Labute approximate surface area is 187 Å². The van der Waals surface area contributed by atoms with Crippen LogP contribution < -0.4 is 15.5 Å². The number of anilines is 1. The molecule has 7 nitrogen and oxygen atoms in total. The van der Waals surface area contributed by atoms with Gasteiger partial charge in [0.1, 0.15) is 17.7 Å². The van der Waals surface area contributed by atoms with Crippen molar-refractivity contribution >= 4 is 52.9 Å². The molecule has 0 saturated heterocycles. The van der Waals surface area contributed by atoms with Crippen molar-refractivity contribution in [3.63, 3.8) is 0 Å². The maximum Gasteiger partial charge on any atom is 0.273 e. The third-order valence-corrected chi connectivity index (χ3v) is 7.31. The highest BCUT2D eigenvalue weighted by Gasteiger charge is 2.30. The quantitative estimate of drug-likeness (QED) is 0.347. The fourth-order valence-corrected chi connectivity index (χ4v) is 5.61. The predicted octanol–water partition coefficient (Wildman–Crippen LogP) is 3.52. The Kier molecular flexibility index (Phi) is 7.27. The van der Waals surface area contributed by atoms with E-state index in [4.69, 9.17) is 4.74 Å². The summed E-state index contributed by atoms with van der Waals surface area (Å²) >= 11 is 4.21. The summed E-state index contributed by atoms with van der Waals surface area (Å²) in [5.41, 5.74) is 0.316. The third-order valence-electron chi connectivity index (χ3n) is 3.97. The van der Waals surface area contributed by atoms with Crippen LogP contribution in [0, 0.1) is 5.82 Å². The van der Waals surface area contributed by atoms with E-state index in [2.05, 4.69) is 15.6 Å². The van der Waals surface area contributed by atoms with E-state index in [1.54, 1.807) is 18.5 Å². The van der Waals surface area contributed by atoms with Gasteiger partial charge in [-0.25, -0.2) is 9.37 Å². The van der Waals surface area contributed by atoms with Gasteiger partial charge in [-0.1, -0.05) is 23.5 Å². The molecular weight excluding hydrogens is 447 g/mol. The summed E-state index contributed by atoms with van der Waals surface area (Å²) in [6, 6.07) is 4.57. The van der Waals surface area contributed by atoms with E-state index in [0.717, 1.165) is 10.6 Å². The summed E-state index contributed by atoms with van der Waals surface area (Å²) in [6.45, 7) is 5.73. The van der Waals surface area contributed by atoms with Crippen LogP contribution in [-0.4, -0.2) is 47.4 Å². The smallest absolute Gasteiger partial charge is 0.273 e. The van der Waals surface area contributed by atoms with E-state index in [1.807, 2.05) is 25.7 Å². The Morgan fingerprint density at radius 2 is 2.23 bits per heavy atom. The van der Waals surface area contributed by atoms with Crippen molar-refractivity contribution in [1.29, 1.82) is 0 Å². The Morgan fingerprint density at radius 3 is 2.93 bits per heavy atom. The van der Waals surface area contributed by atoms with Gasteiger partial charge in [-0.3, -0.25) is 9.59 Å². The Balaban J connectivity index is 1.57. The van der Waals surface area contributed by atoms with E-state index in [1.165, 1.54) is 47.0 Å². The number of hydrogen-bond donors (Lipinski definition) is 2. The number of carbonyl (C=O) groups is 2. The van der Waals surface area contributed by atoms with E-state index in [-0.39, 0.29) is 17.2 Å². The van der Waals surface area contributed by atoms with E-state index < -0.39 is 11.8 Å². The van der Waals surface area contributed by atoms with Crippen LogP contribution in [0.3, 0.4) is 0 Å². The number of benzene rings is 1. The molecule has 2 N–H and O–H groups in total. The number of aromatic nitrogens is 1. The lowest BCUT2D eigenvalue weighted by atomic mass is 10.2. The number of thioether (sulfide) groups is 2. The second-order valence-electron chi connectivity index (χ2n) is 7.48. The number of nitrogens with one attached hydrogen (secondary N) is 2. The van der Waals surface area contributed by atoms with E-state index in [0.29, 0.717) is 22.2 Å². The van der Waals surface area contributed by atoms with Crippen LogP contribution in [0.15, 0.2) is 32.8 Å². The molecule has 1 aliphatic heterocycles. The summed E-state index contributed by atoms with van der Waals surface area (Å²) in [6.07, 6.45) is 0.147. The van der Waals surface area contributed by atoms with Gasteiger partial charge in [0, 0.05) is 23.1 Å². The number of rotatable bonds is 8. The van der Waals surface area contributed by atoms with Gasteiger partial charge in [0.05, 0.1) is 11.3 Å². The minimum absolute atomic E-state index is 0.302. The van der Waals surface area contributed by atoms with Gasteiger partial charge < -0.3 is 20.3 Å². The molecule has 0 aliphatic carbocycles. The minimum Gasteiger partial charge on any atom is -0.352 e. The van der Waals surface area contributed by atoms with Gasteiger partial charge in [-0.2, -0.15) is 0 Å². The van der Waals surface area contributed by atoms with Gasteiger partial charge in [-0.15, -0.1) is 11.3 Å². The molecule has 2 amide bonds. The van der Waals surface area contributed by atoms with Crippen LogP contribution in [-0.2, 0) is 9.53 Å². The van der Waals surface area contributed by atoms with E-state index >= 15 is 0 Å². The first-order valence-electron chi connectivity index (χ1n) is 9.12. The van der Waals surface area contributed by atoms with Crippen molar-refractivity contribution in [1.82, 2.24) is 15.6 Å². The number of carbonyl (C=O) groups excluding carboxylic acids is 2. The first-order valence-corrected chi connectivity index (χ1v) is 11.9. The lowest BCUT2D eigenvalue weighted by molar-refractivity contribution is -0.117. The summed E-state index contributed by atoms with van der Waals surface area (Å²) in [5, 5.41) is 7.26. The molecule has 0 saturated carbocycles. The normalized spacial score (nSPS) is 16.8. The van der Waals surface area contributed by atoms with Crippen molar-refractivity contribution in [3.8, 4) is 0 Å². The average molecular weight is 471 g/mol. The van der Waals surface area contributed by atoms with Gasteiger partial charge in [0.15, 0.2) is 9.84 Å². The van der Waals surface area contributed by atoms with Crippen LogP contribution in [0.2, 0.25) is 0 Å². The number of hydrogen-bond acceptors (Lipinski definition) is 8. The van der Waals surface area contributed by atoms with Crippen molar-refractivity contribution < 1.29 is 18.7 Å². The first-order chi connectivity index (χ1) is 14.2. The maximum absolute atomic E-state index is 13.5. The summed E-state index contributed by atoms with van der Waals surface area (Å²) in [7, 11) is 1.81. The summed E-state index contributed by atoms with van der Waals surface area (Å²) in [5.74, 6) is -0.149. The van der Waals surface area contributed by atoms with Crippen LogP contribution in [0.5, 0.6) is 0 Å². The van der Waals surface area contributed by atoms with Crippen LogP contribution in [0.1, 0.15) is 31.3 Å². The van der Waals surface area contributed by atoms with Crippen molar-refractivity contribution in [2.75, 3.05) is 17.7 Å². The van der Waals surface area contributed by atoms with Crippen LogP contribution >= 0.6 is 34.9 Å². The maximum atomic E-state index is 13.5. The molecular formula is C19H23FN4O3S3. The van der Waals surface area contributed by atoms with Crippen molar-refractivity contribution in [3.05, 3.63) is 35.1 Å². The van der Waals surface area contributed by atoms with Gasteiger partial charge >= 0.3 is 0 Å². The Morgan fingerprint density at radius 1 is 1.47 bits per heavy atom. The van der Waals surface area contributed by atoms with Crippen molar-refractivity contribution in [2.24, 2.45) is 0 Å². The molecule has 0 fully saturated rings. The molecule has 2 atom stereocenters. The zero-order chi connectivity index (χ0) is 21.9. The third kappa shape index (κ3) is 5.87. The highest BCUT2D eigenvalue weighted by molar-refractivity contribution is 8.01. The number of ether oxygens (including phenoxy) is 1.